The summed E-state index contributed by atoms with van der Waals surface area (Å²) in [5, 5.41) is 12.0. The minimum Gasteiger partial charge on any atom is -0.382 e. The van der Waals surface area contributed by atoms with Gasteiger partial charge in [0.15, 0.2) is 5.82 Å². The quantitative estimate of drug-likeness (QED) is 0.546. The molecule has 0 radical (unpaired) electrons. The number of pyridine rings is 1. The molecule has 0 amide bonds. The summed E-state index contributed by atoms with van der Waals surface area (Å²) in [5.74, 6) is 0.501. The largest absolute Gasteiger partial charge is 0.382 e. The summed E-state index contributed by atoms with van der Waals surface area (Å²) in [7, 11) is -1.49. The first kappa shape index (κ1) is 17.1. The van der Waals surface area contributed by atoms with Crippen LogP contribution in [0, 0.1) is 0 Å². The molecule has 4 rings (SSSR count). The SMILES string of the molecule is CCCc1nc2c(N)nc3ccc(-n4cc([Si](C)(C)C)nn4)cc3c2s1. The molecule has 1 aromatic carbocycles. The molecule has 0 saturated carbocycles. The number of rotatable bonds is 4. The Balaban J connectivity index is 1.89. The molecular weight excluding hydrogens is 360 g/mol. The number of benzene rings is 1. The fourth-order valence-electron chi connectivity index (χ4n) is 2.90. The monoisotopic (exact) mass is 382 g/mol. The van der Waals surface area contributed by atoms with Crippen molar-refractivity contribution in [1.29, 1.82) is 0 Å². The van der Waals surface area contributed by atoms with Crippen LogP contribution in [-0.4, -0.2) is 33.0 Å². The first-order valence-electron chi connectivity index (χ1n) is 8.78. The molecule has 3 heterocycles. The van der Waals surface area contributed by atoms with Crippen molar-refractivity contribution in [3.63, 3.8) is 0 Å². The second kappa shape index (κ2) is 6.13. The minimum atomic E-state index is -1.49. The summed E-state index contributed by atoms with van der Waals surface area (Å²) < 4.78 is 2.95. The van der Waals surface area contributed by atoms with Gasteiger partial charge in [-0.1, -0.05) is 31.8 Å². The van der Waals surface area contributed by atoms with E-state index in [1.54, 1.807) is 11.3 Å². The molecule has 0 saturated heterocycles. The molecule has 2 N–H and O–H groups in total. The molecule has 0 fully saturated rings. The zero-order chi connectivity index (χ0) is 18.5. The number of nitrogens with zero attached hydrogens (tertiary/aromatic N) is 5. The van der Waals surface area contributed by atoms with E-state index in [4.69, 9.17) is 10.7 Å². The maximum absolute atomic E-state index is 6.14. The van der Waals surface area contributed by atoms with E-state index in [9.17, 15) is 0 Å². The molecule has 6 nitrogen and oxygen atoms in total. The van der Waals surface area contributed by atoms with Gasteiger partial charge in [-0.2, -0.15) is 0 Å². The highest BCUT2D eigenvalue weighted by atomic mass is 32.1. The fourth-order valence-corrected chi connectivity index (χ4v) is 4.96. The average Bonchev–Trinajstić information content (AvgIpc) is 3.22. The maximum atomic E-state index is 6.14. The number of aromatic nitrogens is 5. The number of aryl methyl sites for hydroxylation is 1. The normalized spacial score (nSPS) is 12.3. The van der Waals surface area contributed by atoms with Crippen molar-refractivity contribution in [3.8, 4) is 5.69 Å². The average molecular weight is 383 g/mol. The Labute approximate surface area is 157 Å². The van der Waals surface area contributed by atoms with Crippen LogP contribution in [0.3, 0.4) is 0 Å². The molecule has 134 valence electrons. The van der Waals surface area contributed by atoms with Crippen molar-refractivity contribution in [2.75, 3.05) is 5.73 Å². The Hall–Kier alpha value is -2.32. The Morgan fingerprint density at radius 2 is 2.00 bits per heavy atom. The third-order valence-corrected chi connectivity index (χ3v) is 7.28. The van der Waals surface area contributed by atoms with E-state index in [1.165, 1.54) is 0 Å². The van der Waals surface area contributed by atoms with Gasteiger partial charge in [-0.05, 0) is 31.0 Å². The zero-order valence-corrected chi connectivity index (χ0v) is 17.3. The topological polar surface area (TPSA) is 82.5 Å². The predicted octanol–water partition coefficient (Wildman–Crippen LogP) is 3.51. The van der Waals surface area contributed by atoms with Crippen molar-refractivity contribution in [2.24, 2.45) is 0 Å². The van der Waals surface area contributed by atoms with Gasteiger partial charge in [-0.15, -0.1) is 16.4 Å². The molecule has 0 spiro atoms. The number of hydrogen-bond acceptors (Lipinski definition) is 6. The second-order valence-electron chi connectivity index (χ2n) is 7.53. The van der Waals surface area contributed by atoms with Crippen LogP contribution in [0.1, 0.15) is 18.4 Å². The third kappa shape index (κ3) is 2.89. The second-order valence-corrected chi connectivity index (χ2v) is 13.6. The zero-order valence-electron chi connectivity index (χ0n) is 15.4. The Morgan fingerprint density at radius 3 is 2.69 bits per heavy atom. The van der Waals surface area contributed by atoms with Gasteiger partial charge in [0.05, 0.1) is 26.2 Å². The van der Waals surface area contributed by atoms with Crippen LogP contribution in [0.15, 0.2) is 24.4 Å². The predicted molar refractivity (Wildman–Crippen MR) is 111 cm³/mol. The molecule has 3 aromatic heterocycles. The van der Waals surface area contributed by atoms with Crippen LogP contribution in [0.2, 0.25) is 19.6 Å². The minimum absolute atomic E-state index is 0.501. The van der Waals surface area contributed by atoms with Gasteiger partial charge >= 0.3 is 0 Å². The number of thiazole rings is 1. The van der Waals surface area contributed by atoms with Crippen molar-refractivity contribution in [1.82, 2.24) is 25.0 Å². The highest BCUT2D eigenvalue weighted by molar-refractivity contribution is 7.19. The lowest BCUT2D eigenvalue weighted by Gasteiger charge is -2.10. The molecule has 0 aliphatic carbocycles. The van der Waals surface area contributed by atoms with E-state index in [1.807, 2.05) is 23.0 Å². The number of anilines is 1. The first-order valence-corrected chi connectivity index (χ1v) is 13.1. The van der Waals surface area contributed by atoms with Crippen molar-refractivity contribution in [2.45, 2.75) is 39.4 Å². The fraction of sp³-hybridized carbons (Fsp3) is 0.333. The van der Waals surface area contributed by atoms with E-state index >= 15 is 0 Å². The van der Waals surface area contributed by atoms with Crippen LogP contribution >= 0.6 is 11.3 Å². The van der Waals surface area contributed by atoms with Crippen LogP contribution in [0.4, 0.5) is 5.82 Å². The summed E-state index contributed by atoms with van der Waals surface area (Å²) >= 11 is 1.71. The molecular formula is C18H22N6SSi. The van der Waals surface area contributed by atoms with Gasteiger partial charge < -0.3 is 5.73 Å². The van der Waals surface area contributed by atoms with Crippen molar-refractivity contribution in [3.05, 3.63) is 29.4 Å². The third-order valence-electron chi connectivity index (χ3n) is 4.37. The Bertz CT molecular complexity index is 1110. The van der Waals surface area contributed by atoms with Gasteiger partial charge in [0.25, 0.3) is 0 Å². The highest BCUT2D eigenvalue weighted by Crippen LogP contribution is 2.33. The summed E-state index contributed by atoms with van der Waals surface area (Å²) in [4.78, 5) is 9.23. The lowest BCUT2D eigenvalue weighted by molar-refractivity contribution is 0.805. The first-order chi connectivity index (χ1) is 12.4. The highest BCUT2D eigenvalue weighted by Gasteiger charge is 2.21. The number of fused-ring (bicyclic) bond motifs is 3. The number of hydrogen-bond donors (Lipinski definition) is 1. The van der Waals surface area contributed by atoms with Gasteiger partial charge in [-0.25, -0.2) is 14.6 Å². The van der Waals surface area contributed by atoms with Crippen molar-refractivity contribution < 1.29 is 0 Å². The number of nitrogen functional groups attached to an aromatic ring is 1. The van der Waals surface area contributed by atoms with E-state index in [-0.39, 0.29) is 0 Å². The van der Waals surface area contributed by atoms with E-state index in [2.05, 4.69) is 47.9 Å². The lowest BCUT2D eigenvalue weighted by atomic mass is 10.2. The standard InChI is InChI=1S/C18H22N6SSi/c1-5-6-14-21-16-17(25-14)12-9-11(7-8-13(12)20-18(16)19)24-10-15(22-23-24)26(2,3)4/h7-10H,5-6H2,1-4H3,(H2,19,20). The molecule has 26 heavy (non-hydrogen) atoms. The van der Waals surface area contributed by atoms with Gasteiger partial charge in [0.1, 0.15) is 13.6 Å². The van der Waals surface area contributed by atoms with Crippen LogP contribution in [0.5, 0.6) is 0 Å². The molecule has 0 bridgehead atoms. The Kier molecular flexibility index (Phi) is 4.04. The van der Waals surface area contributed by atoms with Crippen molar-refractivity contribution >= 4 is 51.7 Å². The molecule has 0 aliphatic rings. The summed E-state index contributed by atoms with van der Waals surface area (Å²) in [5.41, 5.74) is 8.82. The Morgan fingerprint density at radius 1 is 1.19 bits per heavy atom. The van der Waals surface area contributed by atoms with Gasteiger partial charge in [-0.3, -0.25) is 0 Å². The smallest absolute Gasteiger partial charge is 0.151 e. The van der Waals surface area contributed by atoms with E-state index in [0.717, 1.165) is 50.0 Å². The summed E-state index contributed by atoms with van der Waals surface area (Å²) in [6, 6.07) is 6.12. The summed E-state index contributed by atoms with van der Waals surface area (Å²) in [6.07, 6.45) is 4.07. The van der Waals surface area contributed by atoms with E-state index in [0.29, 0.717) is 5.82 Å². The van der Waals surface area contributed by atoms with E-state index < -0.39 is 8.07 Å². The summed E-state index contributed by atoms with van der Waals surface area (Å²) in [6.45, 7) is 8.96. The van der Waals surface area contributed by atoms with Crippen LogP contribution in [0.25, 0.3) is 26.8 Å². The van der Waals surface area contributed by atoms with Crippen LogP contribution in [-0.2, 0) is 6.42 Å². The molecule has 4 aromatic rings. The lowest BCUT2D eigenvalue weighted by Crippen LogP contribution is -2.38. The van der Waals surface area contributed by atoms with Gasteiger partial charge in [0, 0.05) is 11.6 Å². The molecule has 0 aliphatic heterocycles. The molecule has 0 unspecified atom stereocenters. The number of nitrogens with two attached hydrogens (primary N) is 1. The van der Waals surface area contributed by atoms with Gasteiger partial charge in [0.2, 0.25) is 0 Å². The maximum Gasteiger partial charge on any atom is 0.151 e. The molecule has 0 atom stereocenters. The van der Waals surface area contributed by atoms with Crippen LogP contribution < -0.4 is 11.1 Å². The molecule has 8 heteroatoms.